The third kappa shape index (κ3) is 6.53. The Bertz CT molecular complexity index is 1140. The maximum absolute atomic E-state index is 14.0. The van der Waals surface area contributed by atoms with Crippen molar-refractivity contribution in [3.63, 3.8) is 0 Å². The lowest BCUT2D eigenvalue weighted by Gasteiger charge is -2.34. The van der Waals surface area contributed by atoms with Crippen LogP contribution in [0.2, 0.25) is 0 Å². The highest BCUT2D eigenvalue weighted by molar-refractivity contribution is 7.89. The molecule has 1 saturated heterocycles. The molecular formula is C23H32FN3O4S2. The lowest BCUT2D eigenvalue weighted by molar-refractivity contribution is 0.368. The van der Waals surface area contributed by atoms with Gasteiger partial charge in [0.15, 0.2) is 0 Å². The van der Waals surface area contributed by atoms with Crippen LogP contribution in [0.15, 0.2) is 53.4 Å². The van der Waals surface area contributed by atoms with Crippen LogP contribution in [0.4, 0.5) is 10.1 Å². The minimum absolute atomic E-state index is 0.116. The topological polar surface area (TPSA) is 78.0 Å². The summed E-state index contributed by atoms with van der Waals surface area (Å²) in [4.78, 5) is 2.23. The van der Waals surface area contributed by atoms with E-state index < -0.39 is 20.0 Å². The van der Waals surface area contributed by atoms with Gasteiger partial charge in [0.05, 0.1) is 11.2 Å². The number of piperazine rings is 1. The van der Waals surface area contributed by atoms with Crippen LogP contribution in [0.1, 0.15) is 19.4 Å². The Morgan fingerprint density at radius 1 is 0.939 bits per heavy atom. The highest BCUT2D eigenvalue weighted by Gasteiger charge is 2.27. The molecule has 0 bridgehead atoms. The Hall–Kier alpha value is -2.01. The van der Waals surface area contributed by atoms with Gasteiger partial charge in [0.2, 0.25) is 20.0 Å². The van der Waals surface area contributed by atoms with Crippen molar-refractivity contribution in [2.75, 3.05) is 50.4 Å². The number of hydrogen-bond donors (Lipinski definition) is 0. The molecule has 33 heavy (non-hydrogen) atoms. The first-order chi connectivity index (χ1) is 15.5. The average Bonchev–Trinajstić information content (AvgIpc) is 2.77. The fourth-order valence-corrected chi connectivity index (χ4v) is 6.35. The summed E-state index contributed by atoms with van der Waals surface area (Å²) in [7, 11) is -6.96. The van der Waals surface area contributed by atoms with E-state index in [1.165, 1.54) is 20.9 Å². The second-order valence-corrected chi connectivity index (χ2v) is 12.7. The summed E-state index contributed by atoms with van der Waals surface area (Å²) in [6.45, 7) is 6.31. The number of anilines is 1. The van der Waals surface area contributed by atoms with E-state index in [2.05, 4.69) is 0 Å². The predicted molar refractivity (Wildman–Crippen MR) is 129 cm³/mol. The van der Waals surface area contributed by atoms with E-state index >= 15 is 0 Å². The van der Waals surface area contributed by atoms with E-state index in [9.17, 15) is 21.2 Å². The van der Waals surface area contributed by atoms with Gasteiger partial charge in [-0.2, -0.15) is 8.61 Å². The standard InChI is InChI=1S/C23H32FN3O4S2/c1-19(2)18-27(13-12-20-6-4-5-7-23(20)24)33(30,31)22-10-8-21(9-11-22)25-14-16-26(17-15-25)32(3,28)29/h4-11,19H,12-18H2,1-3H3. The zero-order valence-electron chi connectivity index (χ0n) is 19.3. The Balaban J connectivity index is 1.73. The Morgan fingerprint density at radius 2 is 1.55 bits per heavy atom. The van der Waals surface area contributed by atoms with Crippen LogP contribution in [0.3, 0.4) is 0 Å². The van der Waals surface area contributed by atoms with Crippen molar-refractivity contribution in [1.29, 1.82) is 0 Å². The minimum atomic E-state index is -3.75. The quantitative estimate of drug-likeness (QED) is 0.532. The summed E-state index contributed by atoms with van der Waals surface area (Å²) in [5, 5.41) is 0. The maximum atomic E-state index is 14.0. The molecule has 1 aliphatic heterocycles. The number of rotatable bonds is 9. The van der Waals surface area contributed by atoms with Crippen molar-refractivity contribution < 1.29 is 21.2 Å². The molecule has 0 spiro atoms. The maximum Gasteiger partial charge on any atom is 0.243 e. The van der Waals surface area contributed by atoms with Crippen molar-refractivity contribution in [2.24, 2.45) is 5.92 Å². The summed E-state index contributed by atoms with van der Waals surface area (Å²) in [6.07, 6.45) is 1.50. The first-order valence-corrected chi connectivity index (χ1v) is 14.3. The second kappa shape index (κ2) is 10.5. The van der Waals surface area contributed by atoms with E-state index in [4.69, 9.17) is 0 Å². The fraction of sp³-hybridized carbons (Fsp3) is 0.478. The summed E-state index contributed by atoms with van der Waals surface area (Å²) in [5.41, 5.74) is 1.34. The first-order valence-electron chi connectivity index (χ1n) is 11.0. The van der Waals surface area contributed by atoms with E-state index in [1.807, 2.05) is 18.7 Å². The first kappa shape index (κ1) is 25.6. The van der Waals surface area contributed by atoms with Crippen LogP contribution in [0.25, 0.3) is 0 Å². The van der Waals surface area contributed by atoms with E-state index in [0.29, 0.717) is 44.7 Å². The summed E-state index contributed by atoms with van der Waals surface area (Å²) >= 11 is 0. The molecule has 0 amide bonds. The molecule has 0 N–H and O–H groups in total. The zero-order chi connectivity index (χ0) is 24.2. The Morgan fingerprint density at radius 3 is 2.09 bits per heavy atom. The molecule has 0 atom stereocenters. The van der Waals surface area contributed by atoms with Gasteiger partial charge in [-0.05, 0) is 48.2 Å². The van der Waals surface area contributed by atoms with E-state index in [0.717, 1.165) is 5.69 Å². The molecule has 1 fully saturated rings. The van der Waals surface area contributed by atoms with Crippen molar-refractivity contribution in [3.8, 4) is 0 Å². The van der Waals surface area contributed by atoms with E-state index in [-0.39, 0.29) is 23.2 Å². The molecular weight excluding hydrogens is 465 g/mol. The lowest BCUT2D eigenvalue weighted by Crippen LogP contribution is -2.48. The molecule has 7 nitrogen and oxygen atoms in total. The third-order valence-corrected chi connectivity index (χ3v) is 8.89. The smallest absolute Gasteiger partial charge is 0.243 e. The zero-order valence-corrected chi connectivity index (χ0v) is 20.9. The van der Waals surface area contributed by atoms with Gasteiger partial charge in [0.25, 0.3) is 0 Å². The normalized spacial score (nSPS) is 16.0. The number of benzene rings is 2. The molecule has 0 saturated carbocycles. The molecule has 3 rings (SSSR count). The molecule has 1 aliphatic rings. The van der Waals surface area contributed by atoms with Gasteiger partial charge in [-0.3, -0.25) is 0 Å². The van der Waals surface area contributed by atoms with Gasteiger partial charge >= 0.3 is 0 Å². The van der Waals surface area contributed by atoms with Crippen molar-refractivity contribution in [2.45, 2.75) is 25.2 Å². The third-order valence-electron chi connectivity index (χ3n) is 5.70. The highest BCUT2D eigenvalue weighted by atomic mass is 32.2. The molecule has 0 aliphatic carbocycles. The molecule has 0 aromatic heterocycles. The van der Waals surface area contributed by atoms with Crippen molar-refractivity contribution in [1.82, 2.24) is 8.61 Å². The van der Waals surface area contributed by atoms with Crippen LogP contribution >= 0.6 is 0 Å². The van der Waals surface area contributed by atoms with Gasteiger partial charge in [0, 0.05) is 45.0 Å². The number of hydrogen-bond acceptors (Lipinski definition) is 5. The highest BCUT2D eigenvalue weighted by Crippen LogP contribution is 2.23. The molecule has 1 heterocycles. The second-order valence-electron chi connectivity index (χ2n) is 8.74. The van der Waals surface area contributed by atoms with Gasteiger partial charge in [-0.15, -0.1) is 0 Å². The Labute approximate surface area is 196 Å². The van der Waals surface area contributed by atoms with Crippen molar-refractivity contribution in [3.05, 3.63) is 59.9 Å². The average molecular weight is 498 g/mol. The fourth-order valence-electron chi connectivity index (χ4n) is 3.92. The summed E-state index contributed by atoms with van der Waals surface area (Å²) < 4.78 is 67.0. The molecule has 2 aromatic carbocycles. The minimum Gasteiger partial charge on any atom is -0.369 e. The predicted octanol–water partition coefficient (Wildman–Crippen LogP) is 2.80. The number of nitrogens with zero attached hydrogens (tertiary/aromatic N) is 3. The van der Waals surface area contributed by atoms with Gasteiger partial charge in [-0.1, -0.05) is 32.0 Å². The summed E-state index contributed by atoms with van der Waals surface area (Å²) in [5.74, 6) is -0.217. The van der Waals surface area contributed by atoms with Crippen LogP contribution in [-0.2, 0) is 26.5 Å². The SMILES string of the molecule is CC(C)CN(CCc1ccccc1F)S(=O)(=O)c1ccc(N2CCN(S(C)(=O)=O)CC2)cc1. The largest absolute Gasteiger partial charge is 0.369 e. The van der Waals surface area contributed by atoms with Gasteiger partial charge in [-0.25, -0.2) is 21.2 Å². The van der Waals surface area contributed by atoms with Gasteiger partial charge in [0.1, 0.15) is 5.82 Å². The van der Waals surface area contributed by atoms with Crippen molar-refractivity contribution >= 4 is 25.7 Å². The Kier molecular flexibility index (Phi) is 8.15. The molecule has 182 valence electrons. The molecule has 0 unspecified atom stereocenters. The molecule has 0 radical (unpaired) electrons. The van der Waals surface area contributed by atoms with Crippen LogP contribution < -0.4 is 4.90 Å². The molecule has 2 aromatic rings. The number of halogens is 1. The lowest BCUT2D eigenvalue weighted by atomic mass is 10.1. The summed E-state index contributed by atoms with van der Waals surface area (Å²) in [6, 6.07) is 13.1. The van der Waals surface area contributed by atoms with Crippen LogP contribution in [0.5, 0.6) is 0 Å². The monoisotopic (exact) mass is 497 g/mol. The van der Waals surface area contributed by atoms with Crippen LogP contribution in [0, 0.1) is 11.7 Å². The van der Waals surface area contributed by atoms with E-state index in [1.54, 1.807) is 42.5 Å². The van der Waals surface area contributed by atoms with Crippen LogP contribution in [-0.4, -0.2) is 71.0 Å². The van der Waals surface area contributed by atoms with Gasteiger partial charge < -0.3 is 4.90 Å². The number of sulfonamides is 2. The molecule has 10 heteroatoms.